The van der Waals surface area contributed by atoms with Crippen molar-refractivity contribution < 1.29 is 14.3 Å². The van der Waals surface area contributed by atoms with Crippen LogP contribution in [0.2, 0.25) is 0 Å². The zero-order valence-electron chi connectivity index (χ0n) is 9.62. The van der Waals surface area contributed by atoms with Gasteiger partial charge in [0.1, 0.15) is 6.04 Å². The number of rotatable bonds is 7. The SMILES string of the molecule is C#CCCCC(=O)N[C@@H](CSC)C(=O)OC. The molecule has 0 aromatic carbocycles. The Morgan fingerprint density at radius 3 is 2.75 bits per heavy atom. The molecule has 1 amide bonds. The van der Waals surface area contributed by atoms with Crippen molar-refractivity contribution in [1.29, 1.82) is 0 Å². The van der Waals surface area contributed by atoms with Crippen molar-refractivity contribution in [2.24, 2.45) is 0 Å². The topological polar surface area (TPSA) is 55.4 Å². The molecule has 0 bridgehead atoms. The van der Waals surface area contributed by atoms with E-state index in [4.69, 9.17) is 6.42 Å². The largest absolute Gasteiger partial charge is 0.467 e. The Balaban J connectivity index is 4.03. The minimum Gasteiger partial charge on any atom is -0.467 e. The summed E-state index contributed by atoms with van der Waals surface area (Å²) in [6.07, 6.45) is 8.48. The highest BCUT2D eigenvalue weighted by Crippen LogP contribution is 2.01. The van der Waals surface area contributed by atoms with Gasteiger partial charge in [-0.05, 0) is 12.7 Å². The summed E-state index contributed by atoms with van der Waals surface area (Å²) in [5.74, 6) is 2.38. The first-order chi connectivity index (χ1) is 7.65. The summed E-state index contributed by atoms with van der Waals surface area (Å²) >= 11 is 1.48. The van der Waals surface area contributed by atoms with E-state index in [1.807, 2.05) is 6.26 Å². The van der Waals surface area contributed by atoms with Gasteiger partial charge in [0.2, 0.25) is 5.91 Å². The van der Waals surface area contributed by atoms with E-state index in [0.29, 0.717) is 25.0 Å². The Hall–Kier alpha value is -1.15. The van der Waals surface area contributed by atoms with Gasteiger partial charge in [-0.2, -0.15) is 11.8 Å². The summed E-state index contributed by atoms with van der Waals surface area (Å²) in [5.41, 5.74) is 0. The molecule has 0 spiro atoms. The third kappa shape index (κ3) is 6.36. The fourth-order valence-corrected chi connectivity index (χ4v) is 1.65. The Kier molecular flexibility index (Phi) is 8.45. The van der Waals surface area contributed by atoms with Gasteiger partial charge in [0.25, 0.3) is 0 Å². The number of esters is 1. The summed E-state index contributed by atoms with van der Waals surface area (Å²) in [5, 5.41) is 2.62. The van der Waals surface area contributed by atoms with Crippen LogP contribution in [0, 0.1) is 12.3 Å². The van der Waals surface area contributed by atoms with Gasteiger partial charge in [-0.1, -0.05) is 0 Å². The van der Waals surface area contributed by atoms with Gasteiger partial charge in [-0.25, -0.2) is 4.79 Å². The molecule has 1 atom stereocenters. The zero-order valence-corrected chi connectivity index (χ0v) is 10.4. The Bertz CT molecular complexity index is 273. The quantitative estimate of drug-likeness (QED) is 0.408. The van der Waals surface area contributed by atoms with Crippen molar-refractivity contribution in [3.8, 4) is 12.3 Å². The molecule has 0 aliphatic carbocycles. The van der Waals surface area contributed by atoms with Gasteiger partial charge < -0.3 is 10.1 Å². The third-order valence-corrected chi connectivity index (χ3v) is 2.55. The minimum absolute atomic E-state index is 0.167. The van der Waals surface area contributed by atoms with E-state index in [9.17, 15) is 9.59 Å². The second-order valence-corrected chi connectivity index (χ2v) is 4.07. The van der Waals surface area contributed by atoms with Gasteiger partial charge in [0.15, 0.2) is 0 Å². The van der Waals surface area contributed by atoms with Crippen LogP contribution in [0.5, 0.6) is 0 Å². The molecule has 0 saturated heterocycles. The van der Waals surface area contributed by atoms with Crippen LogP contribution in [0.15, 0.2) is 0 Å². The predicted molar refractivity (Wildman–Crippen MR) is 65.0 cm³/mol. The van der Waals surface area contributed by atoms with Crippen LogP contribution >= 0.6 is 11.8 Å². The predicted octanol–water partition coefficient (Wildman–Crippen LogP) is 0.811. The molecule has 0 heterocycles. The van der Waals surface area contributed by atoms with Crippen LogP contribution < -0.4 is 5.32 Å². The number of ether oxygens (including phenoxy) is 1. The summed E-state index contributed by atoms with van der Waals surface area (Å²) in [6, 6.07) is -0.571. The lowest BCUT2D eigenvalue weighted by Gasteiger charge is -2.14. The molecule has 0 unspecified atom stereocenters. The molecule has 16 heavy (non-hydrogen) atoms. The van der Waals surface area contributed by atoms with Gasteiger partial charge in [-0.15, -0.1) is 12.3 Å². The van der Waals surface area contributed by atoms with Crippen LogP contribution in [0.3, 0.4) is 0 Å². The Labute approximate surface area is 100 Å². The molecule has 90 valence electrons. The zero-order chi connectivity index (χ0) is 12.4. The normalized spacial score (nSPS) is 11.3. The van der Waals surface area contributed by atoms with E-state index in [0.717, 1.165) is 0 Å². The number of terminal acetylenes is 1. The van der Waals surface area contributed by atoms with Gasteiger partial charge >= 0.3 is 5.97 Å². The van der Waals surface area contributed by atoms with E-state index in [1.54, 1.807) is 0 Å². The molecule has 0 aromatic heterocycles. The lowest BCUT2D eigenvalue weighted by molar-refractivity contribution is -0.144. The highest BCUT2D eigenvalue weighted by molar-refractivity contribution is 7.98. The van der Waals surface area contributed by atoms with Crippen molar-refractivity contribution in [2.45, 2.75) is 25.3 Å². The maximum absolute atomic E-state index is 11.4. The van der Waals surface area contributed by atoms with Crippen LogP contribution in [-0.4, -0.2) is 37.0 Å². The molecule has 0 aromatic rings. The molecule has 5 heteroatoms. The van der Waals surface area contributed by atoms with Crippen LogP contribution in [0.25, 0.3) is 0 Å². The maximum Gasteiger partial charge on any atom is 0.329 e. The second kappa shape index (κ2) is 9.10. The standard InChI is InChI=1S/C11H17NO3S/c1-4-5-6-7-10(13)12-9(8-16-3)11(14)15-2/h1,9H,5-8H2,2-3H3,(H,12,13)/t9-/m0/s1. The fraction of sp³-hybridized carbons (Fsp3) is 0.636. The van der Waals surface area contributed by atoms with Crippen LogP contribution in [-0.2, 0) is 14.3 Å². The molecule has 0 aliphatic rings. The van der Waals surface area contributed by atoms with Crippen molar-refractivity contribution >= 4 is 23.6 Å². The smallest absolute Gasteiger partial charge is 0.329 e. The number of amides is 1. The summed E-state index contributed by atoms with van der Waals surface area (Å²) in [6.45, 7) is 0. The first kappa shape index (κ1) is 14.8. The van der Waals surface area contributed by atoms with Crippen molar-refractivity contribution in [1.82, 2.24) is 5.32 Å². The Morgan fingerprint density at radius 2 is 2.25 bits per heavy atom. The summed E-state index contributed by atoms with van der Waals surface area (Å²) in [4.78, 5) is 22.7. The number of carbonyl (C=O) groups excluding carboxylic acids is 2. The molecule has 0 aliphatic heterocycles. The first-order valence-electron chi connectivity index (χ1n) is 4.95. The van der Waals surface area contributed by atoms with E-state index in [1.165, 1.54) is 18.9 Å². The third-order valence-electron chi connectivity index (χ3n) is 1.88. The molecule has 0 saturated carbocycles. The second-order valence-electron chi connectivity index (χ2n) is 3.16. The summed E-state index contributed by atoms with van der Waals surface area (Å²) < 4.78 is 4.59. The average Bonchev–Trinajstić information content (AvgIpc) is 2.28. The summed E-state index contributed by atoms with van der Waals surface area (Å²) in [7, 11) is 1.31. The maximum atomic E-state index is 11.4. The number of methoxy groups -OCH3 is 1. The molecule has 0 radical (unpaired) electrons. The van der Waals surface area contributed by atoms with E-state index >= 15 is 0 Å². The molecule has 1 N–H and O–H groups in total. The first-order valence-corrected chi connectivity index (χ1v) is 6.34. The minimum atomic E-state index is -0.571. The monoisotopic (exact) mass is 243 g/mol. The van der Waals surface area contributed by atoms with Crippen molar-refractivity contribution in [2.75, 3.05) is 19.1 Å². The van der Waals surface area contributed by atoms with E-state index in [2.05, 4.69) is 16.0 Å². The Morgan fingerprint density at radius 1 is 1.56 bits per heavy atom. The number of nitrogens with one attached hydrogen (secondary N) is 1. The molecule has 0 fully saturated rings. The lowest BCUT2D eigenvalue weighted by Crippen LogP contribution is -2.43. The highest BCUT2D eigenvalue weighted by atomic mass is 32.2. The van der Waals surface area contributed by atoms with Gasteiger partial charge in [0.05, 0.1) is 7.11 Å². The van der Waals surface area contributed by atoms with Crippen LogP contribution in [0.1, 0.15) is 19.3 Å². The number of hydrogen-bond donors (Lipinski definition) is 1. The molecular formula is C11H17NO3S. The molecular weight excluding hydrogens is 226 g/mol. The van der Waals surface area contributed by atoms with Gasteiger partial charge in [-0.3, -0.25) is 4.79 Å². The number of unbranched alkanes of at least 4 members (excludes halogenated alkanes) is 1. The highest BCUT2D eigenvalue weighted by Gasteiger charge is 2.20. The number of carbonyl (C=O) groups is 2. The van der Waals surface area contributed by atoms with E-state index < -0.39 is 12.0 Å². The fourth-order valence-electron chi connectivity index (χ4n) is 1.10. The van der Waals surface area contributed by atoms with Crippen LogP contribution in [0.4, 0.5) is 0 Å². The van der Waals surface area contributed by atoms with Crippen molar-refractivity contribution in [3.63, 3.8) is 0 Å². The number of thioether (sulfide) groups is 1. The average molecular weight is 243 g/mol. The lowest BCUT2D eigenvalue weighted by atomic mass is 10.2. The van der Waals surface area contributed by atoms with Gasteiger partial charge in [0, 0.05) is 18.6 Å². The van der Waals surface area contributed by atoms with E-state index in [-0.39, 0.29) is 5.91 Å². The van der Waals surface area contributed by atoms with Crippen molar-refractivity contribution in [3.05, 3.63) is 0 Å². The number of hydrogen-bond acceptors (Lipinski definition) is 4. The molecule has 0 rings (SSSR count). The molecule has 4 nitrogen and oxygen atoms in total.